The summed E-state index contributed by atoms with van der Waals surface area (Å²) in [5.74, 6) is 0. The summed E-state index contributed by atoms with van der Waals surface area (Å²) < 4.78 is 0.678. The van der Waals surface area contributed by atoms with E-state index in [0.29, 0.717) is 14.4 Å². The number of nitro groups is 1. The number of rotatable bonds is 3. The average Bonchev–Trinajstić information content (AvgIpc) is 2.34. The molecule has 0 spiro atoms. The zero-order valence-corrected chi connectivity index (χ0v) is 12.1. The first-order valence-corrected chi connectivity index (χ1v) is 6.93. The number of halogens is 2. The van der Waals surface area contributed by atoms with Crippen LogP contribution in [0.4, 0.5) is 5.69 Å². The number of hydrogen-bond acceptors (Lipinski definition) is 3. The lowest BCUT2D eigenvalue weighted by atomic mass is 10.3. The molecular formula is C12H7BrClNO2S. The Balaban J connectivity index is 2.41. The van der Waals surface area contributed by atoms with Gasteiger partial charge in [-0.25, -0.2) is 0 Å². The molecule has 0 bridgehead atoms. The highest BCUT2D eigenvalue weighted by Gasteiger charge is 2.16. The fourth-order valence-electron chi connectivity index (χ4n) is 1.37. The second-order valence-electron chi connectivity index (χ2n) is 3.40. The van der Waals surface area contributed by atoms with Crippen molar-refractivity contribution in [3.05, 3.63) is 62.1 Å². The van der Waals surface area contributed by atoms with E-state index in [0.717, 1.165) is 4.90 Å². The third-order valence-electron chi connectivity index (χ3n) is 2.17. The van der Waals surface area contributed by atoms with Gasteiger partial charge in [-0.3, -0.25) is 10.1 Å². The molecule has 2 aromatic rings. The van der Waals surface area contributed by atoms with E-state index in [9.17, 15) is 10.1 Å². The van der Waals surface area contributed by atoms with Crippen LogP contribution in [0.2, 0.25) is 5.02 Å². The van der Waals surface area contributed by atoms with Crippen LogP contribution in [0.25, 0.3) is 0 Å². The van der Waals surface area contributed by atoms with Crippen LogP contribution in [-0.2, 0) is 0 Å². The molecule has 2 rings (SSSR count). The molecule has 0 saturated carbocycles. The molecule has 0 N–H and O–H groups in total. The predicted octanol–water partition coefficient (Wildman–Crippen LogP) is 5.16. The van der Waals surface area contributed by atoms with Crippen molar-refractivity contribution < 1.29 is 4.92 Å². The summed E-state index contributed by atoms with van der Waals surface area (Å²) in [6.45, 7) is 0. The van der Waals surface area contributed by atoms with Crippen LogP contribution >= 0.6 is 39.3 Å². The summed E-state index contributed by atoms with van der Waals surface area (Å²) in [5.41, 5.74) is 0.0642. The molecule has 0 amide bonds. The summed E-state index contributed by atoms with van der Waals surface area (Å²) in [6.07, 6.45) is 0. The molecular weight excluding hydrogens is 338 g/mol. The van der Waals surface area contributed by atoms with Gasteiger partial charge in [0.1, 0.15) is 0 Å². The number of nitrogens with zero attached hydrogens (tertiary/aromatic N) is 1. The molecule has 0 atom stereocenters. The van der Waals surface area contributed by atoms with E-state index < -0.39 is 4.92 Å². The molecule has 0 aliphatic carbocycles. The molecule has 0 heterocycles. The summed E-state index contributed by atoms with van der Waals surface area (Å²) >= 11 is 10.5. The van der Waals surface area contributed by atoms with Gasteiger partial charge in [-0.05, 0) is 24.3 Å². The quantitative estimate of drug-likeness (QED) is 0.570. The van der Waals surface area contributed by atoms with Crippen molar-refractivity contribution >= 4 is 45.0 Å². The Morgan fingerprint density at radius 3 is 2.56 bits per heavy atom. The van der Waals surface area contributed by atoms with Crippen molar-refractivity contribution in [2.45, 2.75) is 9.79 Å². The molecule has 0 aromatic heterocycles. The van der Waals surface area contributed by atoms with E-state index >= 15 is 0 Å². The van der Waals surface area contributed by atoms with E-state index in [1.807, 2.05) is 18.2 Å². The topological polar surface area (TPSA) is 43.1 Å². The summed E-state index contributed by atoms with van der Waals surface area (Å²) in [7, 11) is 0. The number of hydrogen-bond donors (Lipinski definition) is 0. The van der Waals surface area contributed by atoms with Crippen LogP contribution in [0.3, 0.4) is 0 Å². The Morgan fingerprint density at radius 1 is 1.17 bits per heavy atom. The van der Waals surface area contributed by atoms with Crippen molar-refractivity contribution in [2.24, 2.45) is 0 Å². The lowest BCUT2D eigenvalue weighted by Crippen LogP contribution is -1.90. The van der Waals surface area contributed by atoms with Crippen molar-refractivity contribution in [1.29, 1.82) is 0 Å². The standard InChI is InChI=1S/C12H7BrClNO2S/c13-8-5-6-12(10(7-8)15(16)17)18-11-4-2-1-3-9(11)14/h1-7H. The van der Waals surface area contributed by atoms with Gasteiger partial charge in [-0.15, -0.1) is 0 Å². The minimum Gasteiger partial charge on any atom is -0.258 e. The Hall–Kier alpha value is -1.04. The van der Waals surface area contributed by atoms with Crippen LogP contribution in [0.1, 0.15) is 0 Å². The Morgan fingerprint density at radius 2 is 1.89 bits per heavy atom. The third-order valence-corrected chi connectivity index (χ3v) is 4.25. The van der Waals surface area contributed by atoms with Gasteiger partial charge < -0.3 is 0 Å². The van der Waals surface area contributed by atoms with Crippen molar-refractivity contribution in [1.82, 2.24) is 0 Å². The normalized spacial score (nSPS) is 10.3. The van der Waals surface area contributed by atoms with Crippen LogP contribution < -0.4 is 0 Å². The van der Waals surface area contributed by atoms with Gasteiger partial charge in [0.15, 0.2) is 0 Å². The maximum absolute atomic E-state index is 11.0. The lowest BCUT2D eigenvalue weighted by molar-refractivity contribution is -0.387. The highest BCUT2D eigenvalue weighted by atomic mass is 79.9. The minimum absolute atomic E-state index is 0.0642. The van der Waals surface area contributed by atoms with E-state index in [2.05, 4.69) is 15.9 Å². The van der Waals surface area contributed by atoms with Gasteiger partial charge >= 0.3 is 0 Å². The predicted molar refractivity (Wildman–Crippen MR) is 76.4 cm³/mol. The molecule has 0 aliphatic heterocycles. The SMILES string of the molecule is O=[N+]([O-])c1cc(Br)ccc1Sc1ccccc1Cl. The number of benzene rings is 2. The zero-order chi connectivity index (χ0) is 13.1. The fraction of sp³-hybridized carbons (Fsp3) is 0. The highest BCUT2D eigenvalue weighted by Crippen LogP contribution is 2.38. The second-order valence-corrected chi connectivity index (χ2v) is 5.81. The molecule has 18 heavy (non-hydrogen) atoms. The van der Waals surface area contributed by atoms with Gasteiger partial charge in [0.2, 0.25) is 0 Å². The van der Waals surface area contributed by atoms with Gasteiger partial charge in [0, 0.05) is 15.4 Å². The molecule has 0 fully saturated rings. The third kappa shape index (κ3) is 3.04. The first-order valence-electron chi connectivity index (χ1n) is 4.94. The molecule has 0 radical (unpaired) electrons. The minimum atomic E-state index is -0.399. The molecule has 92 valence electrons. The van der Waals surface area contributed by atoms with Crippen LogP contribution in [-0.4, -0.2) is 4.92 Å². The van der Waals surface area contributed by atoms with Crippen LogP contribution in [0.5, 0.6) is 0 Å². The zero-order valence-electron chi connectivity index (χ0n) is 8.97. The monoisotopic (exact) mass is 343 g/mol. The van der Waals surface area contributed by atoms with E-state index in [4.69, 9.17) is 11.6 Å². The molecule has 6 heteroatoms. The highest BCUT2D eigenvalue weighted by molar-refractivity contribution is 9.10. The van der Waals surface area contributed by atoms with Gasteiger partial charge in [-0.1, -0.05) is 51.4 Å². The molecule has 3 nitrogen and oxygen atoms in total. The lowest BCUT2D eigenvalue weighted by Gasteiger charge is -2.05. The van der Waals surface area contributed by atoms with E-state index in [1.54, 1.807) is 18.2 Å². The summed E-state index contributed by atoms with van der Waals surface area (Å²) in [4.78, 5) is 12.0. The maximum Gasteiger partial charge on any atom is 0.284 e. The molecule has 0 unspecified atom stereocenters. The molecule has 2 aromatic carbocycles. The Labute approximate surface area is 121 Å². The Bertz CT molecular complexity index is 606. The van der Waals surface area contributed by atoms with Crippen LogP contribution in [0.15, 0.2) is 56.7 Å². The molecule has 0 saturated heterocycles. The van der Waals surface area contributed by atoms with Crippen molar-refractivity contribution in [2.75, 3.05) is 0 Å². The second kappa shape index (κ2) is 5.73. The Kier molecular flexibility index (Phi) is 4.27. The smallest absolute Gasteiger partial charge is 0.258 e. The maximum atomic E-state index is 11.0. The average molecular weight is 345 g/mol. The fourth-order valence-corrected chi connectivity index (χ4v) is 2.89. The largest absolute Gasteiger partial charge is 0.284 e. The van der Waals surface area contributed by atoms with Gasteiger partial charge in [0.05, 0.1) is 14.8 Å². The van der Waals surface area contributed by atoms with E-state index in [-0.39, 0.29) is 5.69 Å². The first kappa shape index (κ1) is 13.4. The van der Waals surface area contributed by atoms with Crippen LogP contribution in [0, 0.1) is 10.1 Å². The molecule has 0 aliphatic rings. The summed E-state index contributed by atoms with van der Waals surface area (Å²) in [5, 5.41) is 11.6. The summed E-state index contributed by atoms with van der Waals surface area (Å²) in [6, 6.07) is 12.2. The van der Waals surface area contributed by atoms with Crippen molar-refractivity contribution in [3.8, 4) is 0 Å². The van der Waals surface area contributed by atoms with E-state index in [1.165, 1.54) is 17.8 Å². The number of nitro benzene ring substituents is 1. The first-order chi connectivity index (χ1) is 8.58. The van der Waals surface area contributed by atoms with Gasteiger partial charge in [0.25, 0.3) is 5.69 Å². The van der Waals surface area contributed by atoms with Crippen molar-refractivity contribution in [3.63, 3.8) is 0 Å². The van der Waals surface area contributed by atoms with Gasteiger partial charge in [-0.2, -0.15) is 0 Å².